The molecule has 1 unspecified atom stereocenters. The third-order valence-corrected chi connectivity index (χ3v) is 7.55. The van der Waals surface area contributed by atoms with Crippen molar-refractivity contribution >= 4 is 25.7 Å². The van der Waals surface area contributed by atoms with Crippen LogP contribution in [0.15, 0.2) is 23.1 Å². The second-order valence-corrected chi connectivity index (χ2v) is 9.74. The zero-order chi connectivity index (χ0) is 18.7. The smallest absolute Gasteiger partial charge is 0.247 e. The Morgan fingerprint density at radius 1 is 1.28 bits per heavy atom. The minimum atomic E-state index is -3.78. The molecule has 1 aromatic carbocycles. The Bertz CT molecular complexity index is 808. The fourth-order valence-electron chi connectivity index (χ4n) is 2.85. The molecule has 8 nitrogen and oxygen atoms in total. The fraction of sp³-hybridized carbons (Fsp3) is 0.600. The summed E-state index contributed by atoms with van der Waals surface area (Å²) in [6.07, 6.45) is 2.46. The number of hydrogen-bond acceptors (Lipinski definition) is 6. The van der Waals surface area contributed by atoms with Crippen molar-refractivity contribution in [1.82, 2.24) is 4.31 Å². The number of nitrogens with zero attached hydrogens (tertiary/aromatic N) is 1. The number of rotatable bonds is 7. The Balaban J connectivity index is 2.40. The fourth-order valence-corrected chi connectivity index (χ4v) is 5.32. The molecule has 0 radical (unpaired) electrons. The van der Waals surface area contributed by atoms with Crippen LogP contribution in [0.3, 0.4) is 0 Å². The lowest BCUT2D eigenvalue weighted by Gasteiger charge is -2.34. The summed E-state index contributed by atoms with van der Waals surface area (Å²) in [5.74, 6) is 0.0130. The van der Waals surface area contributed by atoms with Crippen molar-refractivity contribution < 1.29 is 21.6 Å². The summed E-state index contributed by atoms with van der Waals surface area (Å²) in [7, 11) is -5.89. The topological polar surface area (TPSA) is 119 Å². The molecule has 2 rings (SSSR count). The van der Waals surface area contributed by atoms with E-state index < -0.39 is 20.0 Å². The zero-order valence-corrected chi connectivity index (χ0v) is 16.1. The number of nitrogens with one attached hydrogen (secondary N) is 1. The number of sulfonamides is 2. The van der Waals surface area contributed by atoms with Gasteiger partial charge in [0.15, 0.2) is 0 Å². The minimum absolute atomic E-state index is 0.00907. The number of benzene rings is 1. The summed E-state index contributed by atoms with van der Waals surface area (Å²) < 4.78 is 58.5. The number of nitrogens with two attached hydrogens (primary N) is 1. The van der Waals surface area contributed by atoms with Gasteiger partial charge in [-0.2, -0.15) is 4.31 Å². The molecule has 25 heavy (non-hydrogen) atoms. The predicted octanol–water partition coefficient (Wildman–Crippen LogP) is 0.959. The molecule has 3 N–H and O–H groups in total. The predicted molar refractivity (Wildman–Crippen MR) is 96.7 cm³/mol. The molecule has 10 heteroatoms. The summed E-state index contributed by atoms with van der Waals surface area (Å²) in [4.78, 5) is 0.00907. The second-order valence-electron chi connectivity index (χ2n) is 5.87. The van der Waals surface area contributed by atoms with Crippen LogP contribution in [0.1, 0.15) is 26.2 Å². The highest BCUT2D eigenvalue weighted by molar-refractivity contribution is 7.92. The van der Waals surface area contributed by atoms with Crippen LogP contribution in [0.2, 0.25) is 0 Å². The molecule has 0 spiro atoms. The van der Waals surface area contributed by atoms with Crippen molar-refractivity contribution in [2.24, 2.45) is 5.73 Å². The normalized spacial score (nSPS) is 19.6. The lowest BCUT2D eigenvalue weighted by molar-refractivity contribution is 0.256. The standard InChI is InChI=1S/C15H25N3O5S2/c1-3-24(19,20)17-12-7-8-15(14(10-12)23-2)25(21,22)18-9-5-4-6-13(18)11-16/h7-8,10,13,17H,3-6,9,11,16H2,1-2H3. The molecule has 0 bridgehead atoms. The van der Waals surface area contributed by atoms with E-state index in [4.69, 9.17) is 10.5 Å². The highest BCUT2D eigenvalue weighted by Crippen LogP contribution is 2.33. The van der Waals surface area contributed by atoms with Gasteiger partial charge < -0.3 is 10.5 Å². The SMILES string of the molecule is CCS(=O)(=O)Nc1ccc(S(=O)(=O)N2CCCCC2CN)c(OC)c1. The van der Waals surface area contributed by atoms with E-state index in [1.165, 1.54) is 36.5 Å². The summed E-state index contributed by atoms with van der Waals surface area (Å²) >= 11 is 0. The summed E-state index contributed by atoms with van der Waals surface area (Å²) in [6, 6.07) is 3.93. The van der Waals surface area contributed by atoms with Gasteiger partial charge in [-0.05, 0) is 31.9 Å². The quantitative estimate of drug-likeness (QED) is 0.714. The molecule has 1 heterocycles. The first kappa shape index (κ1) is 20.0. The van der Waals surface area contributed by atoms with Crippen molar-refractivity contribution in [3.63, 3.8) is 0 Å². The van der Waals surface area contributed by atoms with E-state index in [-0.39, 0.29) is 34.7 Å². The Kier molecular flexibility index (Phi) is 6.30. The molecule has 1 aromatic rings. The largest absolute Gasteiger partial charge is 0.495 e. The minimum Gasteiger partial charge on any atom is -0.495 e. The van der Waals surface area contributed by atoms with Gasteiger partial charge in [-0.25, -0.2) is 16.8 Å². The Morgan fingerprint density at radius 3 is 2.60 bits per heavy atom. The number of anilines is 1. The first-order chi connectivity index (χ1) is 11.7. The molecule has 1 atom stereocenters. The second kappa shape index (κ2) is 7.90. The molecule has 142 valence electrons. The molecule has 0 amide bonds. The molecule has 1 aliphatic heterocycles. The first-order valence-corrected chi connectivity index (χ1v) is 11.2. The molecule has 0 aromatic heterocycles. The van der Waals surface area contributed by atoms with Gasteiger partial charge in [-0.3, -0.25) is 4.72 Å². The van der Waals surface area contributed by atoms with Gasteiger partial charge in [0.05, 0.1) is 18.6 Å². The lowest BCUT2D eigenvalue weighted by Crippen LogP contribution is -2.47. The first-order valence-electron chi connectivity index (χ1n) is 8.15. The maximum Gasteiger partial charge on any atom is 0.247 e. The third kappa shape index (κ3) is 4.43. The number of methoxy groups -OCH3 is 1. The molecule has 1 aliphatic rings. The van der Waals surface area contributed by atoms with E-state index in [2.05, 4.69) is 4.72 Å². The van der Waals surface area contributed by atoms with E-state index in [0.717, 1.165) is 19.3 Å². The Labute approximate surface area is 149 Å². The van der Waals surface area contributed by atoms with Gasteiger partial charge in [-0.1, -0.05) is 6.42 Å². The molecule has 1 fully saturated rings. The Hall–Kier alpha value is -1.36. The summed E-state index contributed by atoms with van der Waals surface area (Å²) in [5.41, 5.74) is 5.99. The average Bonchev–Trinajstić information content (AvgIpc) is 2.61. The third-order valence-electron chi connectivity index (χ3n) is 4.25. The molecule has 0 aliphatic carbocycles. The van der Waals surface area contributed by atoms with Gasteiger partial charge >= 0.3 is 0 Å². The van der Waals surface area contributed by atoms with Gasteiger partial charge in [0, 0.05) is 25.2 Å². The van der Waals surface area contributed by atoms with E-state index in [9.17, 15) is 16.8 Å². The van der Waals surface area contributed by atoms with Crippen molar-refractivity contribution in [2.75, 3.05) is 30.7 Å². The van der Waals surface area contributed by atoms with Gasteiger partial charge in [0.25, 0.3) is 0 Å². The van der Waals surface area contributed by atoms with Crippen LogP contribution < -0.4 is 15.2 Å². The molecule has 1 saturated heterocycles. The lowest BCUT2D eigenvalue weighted by atomic mass is 10.1. The summed E-state index contributed by atoms with van der Waals surface area (Å²) in [5, 5.41) is 0. The number of hydrogen-bond donors (Lipinski definition) is 2. The van der Waals surface area contributed by atoms with Crippen LogP contribution in [0.5, 0.6) is 5.75 Å². The monoisotopic (exact) mass is 391 g/mol. The molecular formula is C15H25N3O5S2. The highest BCUT2D eigenvalue weighted by atomic mass is 32.2. The van der Waals surface area contributed by atoms with Crippen LogP contribution in [0.4, 0.5) is 5.69 Å². The zero-order valence-electron chi connectivity index (χ0n) is 14.4. The van der Waals surface area contributed by atoms with Crippen LogP contribution in [-0.2, 0) is 20.0 Å². The average molecular weight is 392 g/mol. The van der Waals surface area contributed by atoms with E-state index in [1.807, 2.05) is 0 Å². The van der Waals surface area contributed by atoms with E-state index in [0.29, 0.717) is 6.54 Å². The number of ether oxygens (including phenoxy) is 1. The molecule has 0 saturated carbocycles. The van der Waals surface area contributed by atoms with Crippen molar-refractivity contribution in [2.45, 2.75) is 37.1 Å². The van der Waals surface area contributed by atoms with E-state index >= 15 is 0 Å². The van der Waals surface area contributed by atoms with Gasteiger partial charge in [0.2, 0.25) is 20.0 Å². The van der Waals surface area contributed by atoms with Crippen LogP contribution >= 0.6 is 0 Å². The highest BCUT2D eigenvalue weighted by Gasteiger charge is 2.34. The summed E-state index contributed by atoms with van der Waals surface area (Å²) in [6.45, 7) is 2.19. The number of piperidine rings is 1. The van der Waals surface area contributed by atoms with Crippen LogP contribution in [-0.4, -0.2) is 53.1 Å². The van der Waals surface area contributed by atoms with Crippen LogP contribution in [0.25, 0.3) is 0 Å². The molecular weight excluding hydrogens is 366 g/mol. The van der Waals surface area contributed by atoms with Crippen molar-refractivity contribution in [1.29, 1.82) is 0 Å². The van der Waals surface area contributed by atoms with Gasteiger partial charge in [-0.15, -0.1) is 0 Å². The van der Waals surface area contributed by atoms with E-state index in [1.54, 1.807) is 0 Å². The van der Waals surface area contributed by atoms with Crippen molar-refractivity contribution in [3.05, 3.63) is 18.2 Å². The maximum absolute atomic E-state index is 13.0. The van der Waals surface area contributed by atoms with Gasteiger partial charge in [0.1, 0.15) is 10.6 Å². The Morgan fingerprint density at radius 2 is 2.00 bits per heavy atom. The maximum atomic E-state index is 13.0. The van der Waals surface area contributed by atoms with Crippen LogP contribution in [0, 0.1) is 0 Å². The van der Waals surface area contributed by atoms with Crippen molar-refractivity contribution in [3.8, 4) is 5.75 Å².